The van der Waals surface area contributed by atoms with E-state index in [0.29, 0.717) is 16.7 Å². The van der Waals surface area contributed by atoms with Crippen molar-refractivity contribution < 1.29 is 84.3 Å². The van der Waals surface area contributed by atoms with Crippen LogP contribution < -0.4 is 24.9 Å². The van der Waals surface area contributed by atoms with Crippen molar-refractivity contribution in [3.8, 4) is 0 Å². The van der Waals surface area contributed by atoms with Crippen molar-refractivity contribution in [2.24, 2.45) is 0 Å². The molecule has 20 nitrogen and oxygen atoms in total. The lowest BCUT2D eigenvalue weighted by atomic mass is 10.1. The molecule has 2 amide bonds. The van der Waals surface area contributed by atoms with Gasteiger partial charge in [-0.05, 0) is 41.5 Å². The second-order valence-corrected chi connectivity index (χ2v) is 17.7. The number of aliphatic hydroxyl groups is 2. The van der Waals surface area contributed by atoms with Gasteiger partial charge in [0, 0.05) is 17.3 Å². The molecular weight excluding hydrogens is 788 g/mol. The second-order valence-electron chi connectivity index (χ2n) is 11.7. The molecule has 1 fully saturated rings. The standard InChI is InChI=1S/C29H32N2O18P4/c1-17-5-4-8-21(11-17)23-13-22-14-31(29(34)30-27(22)45-23)28-26(33)25(32)24(46-28)16-44-51(37,38)48-53(41,42)49-52(39,40)47-50(35,36)43-15-18-9-10-19-6-2-3-7-20(19)12-18/h2-14,24-28,32-33H,15-16H2,1H3,(H,30,34)(H,35,36)(H,37,38)(H,39,40)(H,41,42)/p-4/t24-,25?,26+,27?,28-/m1/s1. The van der Waals surface area contributed by atoms with Crippen molar-refractivity contribution >= 4 is 53.9 Å². The molecule has 0 aliphatic carbocycles. The van der Waals surface area contributed by atoms with Gasteiger partial charge in [0.2, 0.25) is 6.23 Å². The van der Waals surface area contributed by atoms with Gasteiger partial charge in [-0.15, -0.1) is 0 Å². The fourth-order valence-corrected chi connectivity index (χ4v) is 10.1. The molecular formula is C29H28N2O18P4-4. The Hall–Kier alpha value is -3.09. The lowest BCUT2D eigenvalue weighted by Gasteiger charge is -2.36. The van der Waals surface area contributed by atoms with Crippen molar-refractivity contribution in [2.75, 3.05) is 6.61 Å². The maximum atomic E-state index is 12.9. The van der Waals surface area contributed by atoms with Crippen LogP contribution in [0, 0.1) is 6.92 Å². The Balaban J connectivity index is 1.02. The third-order valence-corrected chi connectivity index (χ3v) is 13.4. The molecule has 0 bridgehead atoms. The first-order chi connectivity index (χ1) is 24.8. The first kappa shape index (κ1) is 39.6. The topological polar surface area (TPSA) is 298 Å². The number of carbonyl (C=O) groups excluding carboxylic acids is 1. The Labute approximate surface area is 300 Å². The summed E-state index contributed by atoms with van der Waals surface area (Å²) >= 11 is 0. The summed E-state index contributed by atoms with van der Waals surface area (Å²) in [5.41, 5.74) is 2.37. The number of phosphoric ester groups is 2. The summed E-state index contributed by atoms with van der Waals surface area (Å²) in [4.78, 5) is 62.4. The molecule has 3 N–H and O–H groups in total. The average Bonchev–Trinajstić information content (AvgIpc) is 3.60. The molecule has 3 aromatic carbocycles. The molecule has 0 radical (unpaired) electrons. The number of hydrogen-bond donors (Lipinski definition) is 3. The smallest absolute Gasteiger partial charge is 0.326 e. The molecule has 3 aliphatic rings. The fourth-order valence-electron chi connectivity index (χ4n) is 5.41. The number of amides is 2. The van der Waals surface area contributed by atoms with Crippen LogP contribution in [0.3, 0.4) is 0 Å². The van der Waals surface area contributed by atoms with Gasteiger partial charge in [0.25, 0.3) is 31.3 Å². The number of ether oxygens (including phenoxy) is 2. The van der Waals surface area contributed by atoms with Gasteiger partial charge in [-0.2, -0.15) is 0 Å². The van der Waals surface area contributed by atoms with E-state index in [9.17, 15) is 52.8 Å². The number of fused-ring (bicyclic) bond motifs is 2. The molecule has 3 heterocycles. The maximum Gasteiger partial charge on any atom is 0.326 e. The average molecular weight is 816 g/mol. The molecule has 24 heteroatoms. The van der Waals surface area contributed by atoms with Gasteiger partial charge in [-0.25, -0.2) is 17.7 Å². The third kappa shape index (κ3) is 9.78. The van der Waals surface area contributed by atoms with Crippen LogP contribution in [0.1, 0.15) is 16.7 Å². The Kier molecular flexibility index (Phi) is 11.4. The quantitative estimate of drug-likeness (QED) is 0.193. The predicted molar refractivity (Wildman–Crippen MR) is 172 cm³/mol. The van der Waals surface area contributed by atoms with Gasteiger partial charge >= 0.3 is 6.03 Å². The highest BCUT2D eigenvalue weighted by Crippen LogP contribution is 2.67. The van der Waals surface area contributed by atoms with Gasteiger partial charge in [0.1, 0.15) is 24.1 Å². The number of aliphatic hydroxyl groups excluding tert-OH is 2. The zero-order valence-electron chi connectivity index (χ0n) is 27.0. The largest absolute Gasteiger partial charge is 0.756 e. The highest BCUT2D eigenvalue weighted by Gasteiger charge is 2.49. The first-order valence-electron chi connectivity index (χ1n) is 15.2. The number of nitrogens with zero attached hydrogens (tertiary/aromatic N) is 1. The van der Waals surface area contributed by atoms with Crippen LogP contribution in [0.2, 0.25) is 0 Å². The summed E-state index contributed by atoms with van der Waals surface area (Å²) in [6, 6.07) is 18.1. The van der Waals surface area contributed by atoms with Crippen LogP contribution in [-0.4, -0.2) is 58.5 Å². The van der Waals surface area contributed by atoms with E-state index in [1.807, 2.05) is 25.1 Å². The Morgan fingerprint density at radius 3 is 2.17 bits per heavy atom. The highest BCUT2D eigenvalue weighted by atomic mass is 31.3. The van der Waals surface area contributed by atoms with Crippen molar-refractivity contribution in [1.29, 1.82) is 0 Å². The number of nitrogens with one attached hydrogen (secondary N) is 1. The molecule has 3 aromatic rings. The van der Waals surface area contributed by atoms with Crippen LogP contribution in [0.15, 0.2) is 84.6 Å². The van der Waals surface area contributed by atoms with Crippen LogP contribution in [0.4, 0.5) is 4.79 Å². The molecule has 3 aliphatic heterocycles. The van der Waals surface area contributed by atoms with Gasteiger partial charge in [-0.1, -0.05) is 60.2 Å². The molecule has 6 rings (SSSR count). The zero-order chi connectivity index (χ0) is 38.3. The summed E-state index contributed by atoms with van der Waals surface area (Å²) in [5.74, 6) is 0.435. The molecule has 53 heavy (non-hydrogen) atoms. The number of aryl methyl sites for hydroxylation is 1. The molecule has 0 spiro atoms. The Morgan fingerprint density at radius 2 is 1.47 bits per heavy atom. The molecule has 1 saturated heterocycles. The Bertz CT molecular complexity index is 2160. The van der Waals surface area contributed by atoms with E-state index in [1.165, 1.54) is 18.3 Å². The number of benzene rings is 3. The van der Waals surface area contributed by atoms with Gasteiger partial charge in [-0.3, -0.25) is 28.5 Å². The van der Waals surface area contributed by atoms with E-state index in [0.717, 1.165) is 21.4 Å². The third-order valence-electron chi connectivity index (χ3n) is 7.74. The summed E-state index contributed by atoms with van der Waals surface area (Å²) in [5, 5.41) is 25.2. The van der Waals surface area contributed by atoms with Crippen LogP contribution in [0.5, 0.6) is 0 Å². The number of rotatable bonds is 14. The van der Waals surface area contributed by atoms with E-state index in [-0.39, 0.29) is 5.56 Å². The molecule has 0 saturated carbocycles. The molecule has 0 aromatic heterocycles. The second kappa shape index (κ2) is 15.2. The summed E-state index contributed by atoms with van der Waals surface area (Å²) < 4.78 is 79.8. The van der Waals surface area contributed by atoms with Gasteiger partial charge in [0.05, 0.1) is 13.2 Å². The summed E-state index contributed by atoms with van der Waals surface area (Å²) in [6.45, 7) is -0.0771. The van der Waals surface area contributed by atoms with E-state index in [4.69, 9.17) is 9.47 Å². The summed E-state index contributed by atoms with van der Waals surface area (Å²) in [7, 11) is -24.8. The SMILES string of the molecule is Cc1cccc(C2=CC3=CN([C@@H]4O[C@H](COP(=O)([O-])OP(=O)([O-])OP(=O)([O-])OP(=O)([O-])OCc5ccc6ccccc6c5)C(O)[C@@H]4O)C(=O)NC3O2)c1. The van der Waals surface area contributed by atoms with Crippen LogP contribution in [-0.2, 0) is 56.3 Å². The lowest BCUT2D eigenvalue weighted by Crippen LogP contribution is -2.54. The van der Waals surface area contributed by atoms with Crippen LogP contribution >= 0.6 is 31.3 Å². The molecule has 6 unspecified atom stereocenters. The number of hydrogen-bond acceptors (Lipinski definition) is 18. The number of phosphoric acid groups is 4. The monoisotopic (exact) mass is 816 g/mol. The fraction of sp³-hybridized carbons (Fsp3) is 0.276. The van der Waals surface area contributed by atoms with E-state index in [1.54, 1.807) is 42.5 Å². The minimum atomic E-state index is -6.50. The minimum Gasteiger partial charge on any atom is -0.756 e. The van der Waals surface area contributed by atoms with Gasteiger partial charge in [0.15, 0.2) is 6.23 Å². The Morgan fingerprint density at radius 1 is 0.811 bits per heavy atom. The minimum absolute atomic E-state index is 0.264. The predicted octanol–water partition coefficient (Wildman–Crippen LogP) is 1.36. The maximum absolute atomic E-state index is 12.9. The number of urea groups is 1. The van der Waals surface area contributed by atoms with Crippen molar-refractivity contribution in [3.63, 3.8) is 0 Å². The van der Waals surface area contributed by atoms with E-state index >= 15 is 0 Å². The first-order valence-corrected chi connectivity index (χ1v) is 21.1. The lowest BCUT2D eigenvalue weighted by molar-refractivity contribution is -0.255. The van der Waals surface area contributed by atoms with Crippen molar-refractivity contribution in [1.82, 2.24) is 10.2 Å². The van der Waals surface area contributed by atoms with E-state index < -0.39 is 81.3 Å². The zero-order valence-corrected chi connectivity index (χ0v) is 30.5. The molecule has 286 valence electrons. The normalized spacial score (nSPS) is 27.3. The van der Waals surface area contributed by atoms with E-state index in [2.05, 4.69) is 27.3 Å². The highest BCUT2D eigenvalue weighted by molar-refractivity contribution is 7.68. The summed E-state index contributed by atoms with van der Waals surface area (Å²) in [6.07, 6.45) is -5.08. The number of carbonyl (C=O) groups is 1. The van der Waals surface area contributed by atoms with Crippen molar-refractivity contribution in [3.05, 3.63) is 101 Å². The molecule has 9 atom stereocenters. The van der Waals surface area contributed by atoms with Crippen LogP contribution in [0.25, 0.3) is 16.5 Å². The van der Waals surface area contributed by atoms with Crippen molar-refractivity contribution in [2.45, 2.75) is 44.3 Å². The van der Waals surface area contributed by atoms with Gasteiger partial charge < -0.3 is 48.3 Å².